The van der Waals surface area contributed by atoms with Crippen LogP contribution in [0.15, 0.2) is 83.2 Å². The number of rotatable bonds is 13. The first-order valence-electron chi connectivity index (χ1n) is 18.4. The average Bonchev–Trinajstić information content (AvgIpc) is 3.64. The predicted octanol–water partition coefficient (Wildman–Crippen LogP) is 11.7. The summed E-state index contributed by atoms with van der Waals surface area (Å²) in [5.41, 5.74) is 8.85. The second-order valence-electron chi connectivity index (χ2n) is 15.9. The lowest BCUT2D eigenvalue weighted by molar-refractivity contribution is -0.438. The molecule has 2 aromatic carbocycles. The van der Waals surface area contributed by atoms with Crippen LogP contribution in [0.1, 0.15) is 98.6 Å². The van der Waals surface area contributed by atoms with E-state index >= 15 is 0 Å². The first-order valence-corrected chi connectivity index (χ1v) is 20.1. The number of carbonyl (C=O) groups is 1. The summed E-state index contributed by atoms with van der Waals surface area (Å²) < 4.78 is 12.8. The molecule has 0 atom stereocenters. The van der Waals surface area contributed by atoms with Gasteiger partial charge in [-0.1, -0.05) is 73.7 Å². The van der Waals surface area contributed by atoms with Crippen molar-refractivity contribution in [2.75, 3.05) is 30.8 Å². The van der Waals surface area contributed by atoms with Crippen LogP contribution in [0.25, 0.3) is 0 Å². The fraction of sp³-hybridized carbons (Fsp3) is 0.476. The van der Waals surface area contributed by atoms with Gasteiger partial charge in [0.2, 0.25) is 5.69 Å². The SMILES string of the molecule is CCCCN1/C(=C/C=C2\CCC(/C=C/C3=[N+](CCCSOOO)c4cc(Cl)ccc4C3(C)C)=C2N(C)C(=O)OC(C)(C)C)C(C)(C)c2ccc(Cl)cc21. The van der Waals surface area contributed by atoms with Crippen molar-refractivity contribution in [2.45, 2.75) is 104 Å². The number of amides is 1. The Kier molecular flexibility index (Phi) is 13.0. The number of halogens is 2. The van der Waals surface area contributed by atoms with Crippen molar-refractivity contribution >= 4 is 58.4 Å². The molecular weight excluding hydrogens is 729 g/mol. The first kappa shape index (κ1) is 41.1. The number of anilines is 1. The summed E-state index contributed by atoms with van der Waals surface area (Å²) in [6, 6.07) is 12.3. The number of allylic oxidation sites excluding steroid dienone is 7. The average molecular weight is 784 g/mol. The molecule has 11 heteroatoms. The molecule has 3 aliphatic rings. The minimum absolute atomic E-state index is 0.227. The highest BCUT2D eigenvalue weighted by atomic mass is 35.5. The summed E-state index contributed by atoms with van der Waals surface area (Å²) in [5.74, 6) is 0.620. The molecule has 0 bridgehead atoms. The van der Waals surface area contributed by atoms with Crippen molar-refractivity contribution in [1.29, 1.82) is 0 Å². The van der Waals surface area contributed by atoms with Gasteiger partial charge in [-0.15, -0.1) is 4.33 Å². The van der Waals surface area contributed by atoms with E-state index in [2.05, 4.69) is 96.0 Å². The number of unbranched alkanes of at least 4 members (excludes halogenated alkanes) is 1. The zero-order chi connectivity index (χ0) is 38.7. The molecule has 0 saturated heterocycles. The maximum atomic E-state index is 13.7. The number of fused-ring (bicyclic) bond motifs is 2. The minimum atomic E-state index is -0.642. The fourth-order valence-corrected chi connectivity index (χ4v) is 8.39. The summed E-state index contributed by atoms with van der Waals surface area (Å²) in [6.07, 6.45) is 12.9. The highest BCUT2D eigenvalue weighted by Gasteiger charge is 2.44. The minimum Gasteiger partial charge on any atom is -0.443 e. The van der Waals surface area contributed by atoms with E-state index in [4.69, 9.17) is 33.2 Å². The summed E-state index contributed by atoms with van der Waals surface area (Å²) in [6.45, 7) is 18.5. The van der Waals surface area contributed by atoms with Gasteiger partial charge in [0, 0.05) is 82.4 Å². The van der Waals surface area contributed by atoms with Gasteiger partial charge in [-0.05, 0) is 101 Å². The van der Waals surface area contributed by atoms with Crippen molar-refractivity contribution in [3.63, 3.8) is 0 Å². The Morgan fingerprint density at radius 2 is 1.70 bits per heavy atom. The van der Waals surface area contributed by atoms with E-state index in [1.165, 1.54) is 16.8 Å². The zero-order valence-electron chi connectivity index (χ0n) is 32.5. The first-order chi connectivity index (χ1) is 25.0. The summed E-state index contributed by atoms with van der Waals surface area (Å²) in [5, 5.41) is 13.7. The third-order valence-electron chi connectivity index (χ3n) is 10.3. The van der Waals surface area contributed by atoms with Gasteiger partial charge in [0.1, 0.15) is 12.1 Å². The third-order valence-corrected chi connectivity index (χ3v) is 11.4. The van der Waals surface area contributed by atoms with Crippen molar-refractivity contribution in [2.24, 2.45) is 0 Å². The van der Waals surface area contributed by atoms with Gasteiger partial charge < -0.3 is 9.64 Å². The van der Waals surface area contributed by atoms with E-state index in [-0.39, 0.29) is 10.8 Å². The molecule has 0 spiro atoms. The third kappa shape index (κ3) is 8.93. The predicted molar refractivity (Wildman–Crippen MR) is 218 cm³/mol. The maximum absolute atomic E-state index is 13.7. The van der Waals surface area contributed by atoms with Crippen LogP contribution in [0.5, 0.6) is 0 Å². The number of hydrogen-bond donors (Lipinski definition) is 1. The van der Waals surface area contributed by atoms with Crippen LogP contribution >= 0.6 is 35.2 Å². The van der Waals surface area contributed by atoms with Crippen LogP contribution < -0.4 is 4.90 Å². The van der Waals surface area contributed by atoms with Gasteiger partial charge in [0.05, 0.1) is 11.1 Å². The van der Waals surface area contributed by atoms with Gasteiger partial charge >= 0.3 is 6.09 Å². The summed E-state index contributed by atoms with van der Waals surface area (Å²) in [4.78, 5) is 17.7. The van der Waals surface area contributed by atoms with E-state index in [9.17, 15) is 4.79 Å². The van der Waals surface area contributed by atoms with Crippen LogP contribution in [0.2, 0.25) is 10.0 Å². The van der Waals surface area contributed by atoms with Gasteiger partial charge in [-0.25, -0.2) is 10.1 Å². The lowest BCUT2D eigenvalue weighted by atomic mass is 9.81. The fourth-order valence-electron chi connectivity index (χ4n) is 7.70. The molecule has 5 rings (SSSR count). The van der Waals surface area contributed by atoms with Crippen LogP contribution in [-0.4, -0.2) is 58.0 Å². The van der Waals surface area contributed by atoms with Crippen LogP contribution in [0.3, 0.4) is 0 Å². The molecular formula is C42H54Cl2N3O5S+. The van der Waals surface area contributed by atoms with Crippen LogP contribution in [0.4, 0.5) is 16.2 Å². The molecule has 1 amide bonds. The second kappa shape index (κ2) is 16.8. The summed E-state index contributed by atoms with van der Waals surface area (Å²) >= 11 is 14.1. The maximum Gasteiger partial charge on any atom is 0.414 e. The largest absolute Gasteiger partial charge is 0.443 e. The zero-order valence-corrected chi connectivity index (χ0v) is 34.8. The Balaban J connectivity index is 1.59. The lowest BCUT2D eigenvalue weighted by Gasteiger charge is -2.28. The molecule has 0 aromatic heterocycles. The molecule has 0 unspecified atom stereocenters. The number of likely N-dealkylation sites (N-methyl/N-ethyl adjacent to an activating group) is 1. The number of carbonyl (C=O) groups excluding carboxylic acids is 1. The lowest BCUT2D eigenvalue weighted by Crippen LogP contribution is -2.34. The van der Waals surface area contributed by atoms with E-state index in [1.807, 2.05) is 39.0 Å². The van der Waals surface area contributed by atoms with E-state index < -0.39 is 11.7 Å². The number of benzene rings is 2. The molecule has 0 radical (unpaired) electrons. The quantitative estimate of drug-likeness (QED) is 0.0713. The van der Waals surface area contributed by atoms with Gasteiger partial charge in [0.15, 0.2) is 5.71 Å². The monoisotopic (exact) mass is 782 g/mol. The molecule has 0 fully saturated rings. The summed E-state index contributed by atoms with van der Waals surface area (Å²) in [7, 11) is 1.81. The molecule has 8 nitrogen and oxygen atoms in total. The normalized spacial score (nSPS) is 19.3. The van der Waals surface area contributed by atoms with E-state index in [1.54, 1.807) is 11.9 Å². The highest BCUT2D eigenvalue weighted by molar-refractivity contribution is 7.94. The number of hydrogen-bond acceptors (Lipinski definition) is 7. The molecule has 286 valence electrons. The smallest absolute Gasteiger partial charge is 0.414 e. The molecule has 53 heavy (non-hydrogen) atoms. The molecule has 2 aromatic rings. The Bertz CT molecular complexity index is 1870. The van der Waals surface area contributed by atoms with Gasteiger partial charge in [-0.3, -0.25) is 4.90 Å². The van der Waals surface area contributed by atoms with E-state index in [0.717, 1.165) is 89.6 Å². The standard InChI is InChI=1S/C42H53Cl2N3O5S/c1-10-11-23-46-34-26-30(43)17-19-32(34)41(5,6)36(46)21-15-28-13-14-29(38(28)45(9)39(48)50-40(2,3)4)16-22-37-42(7,8)33-20-18-31(44)27-35(33)47(37)24-12-25-53-52-51-49/h15-22,26-27H,10-14,23-25H2,1-9H3/p+1. The molecule has 0 saturated carbocycles. The topological polar surface area (TPSA) is 74.5 Å². The van der Waals surface area contributed by atoms with Crippen molar-refractivity contribution < 1.29 is 28.7 Å². The molecule has 1 aliphatic carbocycles. The van der Waals surface area contributed by atoms with Gasteiger partial charge in [-0.2, -0.15) is 4.58 Å². The van der Waals surface area contributed by atoms with Crippen molar-refractivity contribution in [1.82, 2.24) is 4.90 Å². The second-order valence-corrected chi connectivity index (χ2v) is 17.6. The Morgan fingerprint density at radius 1 is 1.00 bits per heavy atom. The van der Waals surface area contributed by atoms with E-state index in [0.29, 0.717) is 17.3 Å². The van der Waals surface area contributed by atoms with Crippen LogP contribution in [-0.2, 0) is 24.9 Å². The van der Waals surface area contributed by atoms with Crippen molar-refractivity contribution in [3.05, 3.63) is 104 Å². The Morgan fingerprint density at radius 3 is 2.38 bits per heavy atom. The number of ether oxygens (including phenoxy) is 1. The highest BCUT2D eigenvalue weighted by Crippen LogP contribution is 2.49. The molecule has 2 aliphatic heterocycles. The Labute approximate surface area is 329 Å². The van der Waals surface area contributed by atoms with Crippen LogP contribution in [0, 0.1) is 0 Å². The molecule has 2 heterocycles. The number of nitrogens with zero attached hydrogens (tertiary/aromatic N) is 3. The Hall–Kier alpha value is -3.05. The van der Waals surface area contributed by atoms with Gasteiger partial charge in [0.25, 0.3) is 0 Å². The molecule has 1 N–H and O–H groups in total. The van der Waals surface area contributed by atoms with Crippen molar-refractivity contribution in [3.8, 4) is 0 Å².